The minimum atomic E-state index is 0.0849. The summed E-state index contributed by atoms with van der Waals surface area (Å²) in [6.07, 6.45) is 0.926. The average molecular weight is 224 g/mol. The predicted octanol–water partition coefficient (Wildman–Crippen LogP) is 1.40. The lowest BCUT2D eigenvalue weighted by atomic mass is 10.1. The number of benzene rings is 1. The van der Waals surface area contributed by atoms with Crippen molar-refractivity contribution in [3.63, 3.8) is 0 Å². The van der Waals surface area contributed by atoms with Crippen LogP contribution in [0.4, 0.5) is 0 Å². The first kappa shape index (κ1) is 12.8. The van der Waals surface area contributed by atoms with Gasteiger partial charge in [0.1, 0.15) is 11.5 Å². The van der Waals surface area contributed by atoms with Crippen LogP contribution in [0.2, 0.25) is 0 Å². The summed E-state index contributed by atoms with van der Waals surface area (Å²) in [5.41, 5.74) is 6.26. The second-order valence-electron chi connectivity index (χ2n) is 3.74. The topological polar surface area (TPSA) is 67.5 Å². The molecule has 0 heterocycles. The number of hydrogen-bond donors (Lipinski definition) is 3. The molecule has 1 aromatic carbocycles. The smallest absolute Gasteiger partial charge is 0.120 e. The third-order valence-corrected chi connectivity index (χ3v) is 2.53. The number of phenolic OH excluding ortho intramolecular Hbond substituents is 1. The number of ether oxygens (including phenoxy) is 1. The molecule has 4 N–H and O–H groups in total. The third-order valence-electron chi connectivity index (χ3n) is 2.53. The van der Waals surface area contributed by atoms with Gasteiger partial charge in [-0.3, -0.25) is 0 Å². The maximum Gasteiger partial charge on any atom is 0.120 e. The standard InChI is InChI=1S/C12H20N2O2/c1-9(14-7-3-6-13)11-8-10(16-2)4-5-12(11)15/h4-5,8-9,14-15H,3,6-7,13H2,1-2H3. The maximum atomic E-state index is 9.74. The van der Waals surface area contributed by atoms with Crippen LogP contribution in [0.25, 0.3) is 0 Å². The van der Waals surface area contributed by atoms with E-state index in [-0.39, 0.29) is 11.8 Å². The Hall–Kier alpha value is -1.26. The molecule has 1 aromatic rings. The SMILES string of the molecule is COc1ccc(O)c(C(C)NCCCN)c1. The normalized spacial score (nSPS) is 12.4. The first-order valence-electron chi connectivity index (χ1n) is 5.49. The molecule has 4 heteroatoms. The van der Waals surface area contributed by atoms with E-state index in [1.807, 2.05) is 13.0 Å². The largest absolute Gasteiger partial charge is 0.508 e. The molecule has 0 radical (unpaired) electrons. The molecule has 0 aliphatic rings. The van der Waals surface area contributed by atoms with Crippen LogP contribution < -0.4 is 15.8 Å². The van der Waals surface area contributed by atoms with Crippen LogP contribution in [0.1, 0.15) is 24.9 Å². The first-order valence-corrected chi connectivity index (χ1v) is 5.49. The molecule has 1 rings (SSSR count). The lowest BCUT2D eigenvalue weighted by Crippen LogP contribution is -2.22. The van der Waals surface area contributed by atoms with Crippen molar-refractivity contribution < 1.29 is 9.84 Å². The monoisotopic (exact) mass is 224 g/mol. The van der Waals surface area contributed by atoms with Crippen LogP contribution in [-0.4, -0.2) is 25.3 Å². The fraction of sp³-hybridized carbons (Fsp3) is 0.500. The minimum Gasteiger partial charge on any atom is -0.508 e. The van der Waals surface area contributed by atoms with E-state index >= 15 is 0 Å². The molecule has 0 spiro atoms. The van der Waals surface area contributed by atoms with Crippen molar-refractivity contribution in [1.29, 1.82) is 0 Å². The van der Waals surface area contributed by atoms with Gasteiger partial charge in [0.05, 0.1) is 7.11 Å². The zero-order valence-corrected chi connectivity index (χ0v) is 9.86. The Labute approximate surface area is 96.4 Å². The van der Waals surface area contributed by atoms with Crippen LogP contribution in [-0.2, 0) is 0 Å². The zero-order valence-electron chi connectivity index (χ0n) is 9.86. The van der Waals surface area contributed by atoms with Crippen molar-refractivity contribution in [2.45, 2.75) is 19.4 Å². The Morgan fingerprint density at radius 3 is 2.88 bits per heavy atom. The van der Waals surface area contributed by atoms with Gasteiger partial charge in [-0.2, -0.15) is 0 Å². The van der Waals surface area contributed by atoms with Gasteiger partial charge in [-0.15, -0.1) is 0 Å². The third kappa shape index (κ3) is 3.40. The number of phenols is 1. The van der Waals surface area contributed by atoms with Crippen LogP contribution in [0.3, 0.4) is 0 Å². The molecule has 1 atom stereocenters. The fourth-order valence-electron chi connectivity index (χ4n) is 1.54. The van der Waals surface area contributed by atoms with Crippen LogP contribution in [0, 0.1) is 0 Å². The van der Waals surface area contributed by atoms with Gasteiger partial charge in [0.25, 0.3) is 0 Å². The van der Waals surface area contributed by atoms with Gasteiger partial charge >= 0.3 is 0 Å². The molecule has 16 heavy (non-hydrogen) atoms. The fourth-order valence-corrected chi connectivity index (χ4v) is 1.54. The summed E-state index contributed by atoms with van der Waals surface area (Å²) in [5.74, 6) is 1.04. The summed E-state index contributed by atoms with van der Waals surface area (Å²) in [6, 6.07) is 5.32. The van der Waals surface area contributed by atoms with Crippen molar-refractivity contribution in [2.75, 3.05) is 20.2 Å². The van der Waals surface area contributed by atoms with E-state index in [0.717, 1.165) is 24.3 Å². The molecule has 0 saturated carbocycles. The van der Waals surface area contributed by atoms with Gasteiger partial charge in [-0.05, 0) is 44.6 Å². The van der Waals surface area contributed by atoms with E-state index in [1.165, 1.54) is 0 Å². The molecule has 0 saturated heterocycles. The molecule has 0 aliphatic carbocycles. The number of nitrogens with two attached hydrogens (primary N) is 1. The second-order valence-corrected chi connectivity index (χ2v) is 3.74. The van der Waals surface area contributed by atoms with Crippen LogP contribution in [0.5, 0.6) is 11.5 Å². The number of methoxy groups -OCH3 is 1. The summed E-state index contributed by atoms with van der Waals surface area (Å²) in [4.78, 5) is 0. The maximum absolute atomic E-state index is 9.74. The van der Waals surface area contributed by atoms with Gasteiger partial charge in [-0.25, -0.2) is 0 Å². The molecule has 0 aliphatic heterocycles. The van der Waals surface area contributed by atoms with Crippen LogP contribution >= 0.6 is 0 Å². The Morgan fingerprint density at radius 1 is 1.50 bits per heavy atom. The van der Waals surface area contributed by atoms with Crippen molar-refractivity contribution in [3.05, 3.63) is 23.8 Å². The van der Waals surface area contributed by atoms with Gasteiger partial charge in [-0.1, -0.05) is 0 Å². The molecular weight excluding hydrogens is 204 g/mol. The Bertz CT molecular complexity index is 329. The van der Waals surface area contributed by atoms with Crippen molar-refractivity contribution in [3.8, 4) is 11.5 Å². The molecule has 0 fully saturated rings. The lowest BCUT2D eigenvalue weighted by molar-refractivity contribution is 0.407. The van der Waals surface area contributed by atoms with Gasteiger partial charge in [0.15, 0.2) is 0 Å². The number of nitrogens with one attached hydrogen (secondary N) is 1. The molecule has 1 unspecified atom stereocenters. The Kier molecular flexibility index (Phi) is 5.08. The Morgan fingerprint density at radius 2 is 2.25 bits per heavy atom. The van der Waals surface area contributed by atoms with E-state index in [4.69, 9.17) is 10.5 Å². The van der Waals surface area contributed by atoms with E-state index in [2.05, 4.69) is 5.32 Å². The predicted molar refractivity (Wildman–Crippen MR) is 64.7 cm³/mol. The summed E-state index contributed by atoms with van der Waals surface area (Å²) >= 11 is 0. The van der Waals surface area contributed by atoms with Crippen molar-refractivity contribution in [1.82, 2.24) is 5.32 Å². The van der Waals surface area contributed by atoms with Crippen LogP contribution in [0.15, 0.2) is 18.2 Å². The van der Waals surface area contributed by atoms with E-state index in [1.54, 1.807) is 19.2 Å². The van der Waals surface area contributed by atoms with E-state index in [9.17, 15) is 5.11 Å². The minimum absolute atomic E-state index is 0.0849. The highest BCUT2D eigenvalue weighted by molar-refractivity contribution is 5.41. The quantitative estimate of drug-likeness (QED) is 0.639. The zero-order chi connectivity index (χ0) is 12.0. The summed E-state index contributed by atoms with van der Waals surface area (Å²) < 4.78 is 5.13. The highest BCUT2D eigenvalue weighted by Gasteiger charge is 2.10. The van der Waals surface area contributed by atoms with E-state index in [0.29, 0.717) is 6.54 Å². The highest BCUT2D eigenvalue weighted by Crippen LogP contribution is 2.28. The molecule has 90 valence electrons. The Balaban J connectivity index is 2.69. The molecule has 0 bridgehead atoms. The molecular formula is C12H20N2O2. The van der Waals surface area contributed by atoms with Gasteiger partial charge < -0.3 is 20.9 Å². The number of rotatable bonds is 6. The summed E-state index contributed by atoms with van der Waals surface area (Å²) in [7, 11) is 1.61. The number of hydrogen-bond acceptors (Lipinski definition) is 4. The first-order chi connectivity index (χ1) is 7.69. The molecule has 4 nitrogen and oxygen atoms in total. The molecule has 0 aromatic heterocycles. The molecule has 0 amide bonds. The highest BCUT2D eigenvalue weighted by atomic mass is 16.5. The van der Waals surface area contributed by atoms with Gasteiger partial charge in [0.2, 0.25) is 0 Å². The van der Waals surface area contributed by atoms with E-state index < -0.39 is 0 Å². The summed E-state index contributed by atoms with van der Waals surface area (Å²) in [5, 5.41) is 13.0. The second kappa shape index (κ2) is 6.35. The van der Waals surface area contributed by atoms with Crippen molar-refractivity contribution >= 4 is 0 Å². The van der Waals surface area contributed by atoms with Gasteiger partial charge in [0, 0.05) is 11.6 Å². The lowest BCUT2D eigenvalue weighted by Gasteiger charge is -2.16. The number of aromatic hydroxyl groups is 1. The summed E-state index contributed by atoms with van der Waals surface area (Å²) in [6.45, 7) is 3.52. The van der Waals surface area contributed by atoms with Crippen molar-refractivity contribution in [2.24, 2.45) is 5.73 Å². The average Bonchev–Trinajstić information content (AvgIpc) is 2.30.